The summed E-state index contributed by atoms with van der Waals surface area (Å²) in [6.45, 7) is 2.53. The Labute approximate surface area is 117 Å². The largest absolute Gasteiger partial charge is 0.508 e. The number of nitrogens with one attached hydrogen (secondary N) is 1. The molecule has 0 amide bonds. The second-order valence-corrected chi connectivity index (χ2v) is 4.73. The normalized spacial score (nSPS) is 10.3. The van der Waals surface area contributed by atoms with Gasteiger partial charge in [-0.25, -0.2) is 0 Å². The molecule has 0 unspecified atom stereocenters. The molecular formula is C15H16ClNO2. The lowest BCUT2D eigenvalue weighted by atomic mass is 10.2. The molecular weight excluding hydrogens is 262 g/mol. The number of aromatic hydroxyl groups is 1. The van der Waals surface area contributed by atoms with Crippen molar-refractivity contribution in [3.63, 3.8) is 0 Å². The summed E-state index contributed by atoms with van der Waals surface area (Å²) >= 11 is 6.07. The molecule has 19 heavy (non-hydrogen) atoms. The quantitative estimate of drug-likeness (QED) is 0.831. The standard InChI is InChI=1S/C15H16ClNO2/c1-10-7-12(4-5-14(10)18)17-9-11-3-6-15(19-2)13(16)8-11/h3-8,17-18H,9H2,1-2H3. The van der Waals surface area contributed by atoms with Crippen molar-refractivity contribution in [3.05, 3.63) is 52.5 Å². The predicted molar refractivity (Wildman–Crippen MR) is 78.2 cm³/mol. The Bertz CT molecular complexity index is 584. The number of ether oxygens (including phenoxy) is 1. The van der Waals surface area contributed by atoms with Crippen LogP contribution in [0.5, 0.6) is 11.5 Å². The van der Waals surface area contributed by atoms with Crippen LogP contribution in [0.15, 0.2) is 36.4 Å². The molecule has 0 aliphatic rings. The molecule has 0 spiro atoms. The Morgan fingerprint density at radius 1 is 1.21 bits per heavy atom. The van der Waals surface area contributed by atoms with Crippen LogP contribution in [0.25, 0.3) is 0 Å². The van der Waals surface area contributed by atoms with E-state index in [1.165, 1.54) is 0 Å². The van der Waals surface area contributed by atoms with E-state index in [1.807, 2.05) is 37.3 Å². The van der Waals surface area contributed by atoms with Crippen LogP contribution in [-0.4, -0.2) is 12.2 Å². The van der Waals surface area contributed by atoms with Gasteiger partial charge >= 0.3 is 0 Å². The van der Waals surface area contributed by atoms with Crippen molar-refractivity contribution in [1.82, 2.24) is 0 Å². The number of rotatable bonds is 4. The maximum absolute atomic E-state index is 9.46. The Kier molecular flexibility index (Phi) is 4.17. The third-order valence-corrected chi connectivity index (χ3v) is 3.21. The highest BCUT2D eigenvalue weighted by Crippen LogP contribution is 2.26. The van der Waals surface area contributed by atoms with Gasteiger partial charge in [0.15, 0.2) is 0 Å². The fourth-order valence-electron chi connectivity index (χ4n) is 1.79. The minimum atomic E-state index is 0.304. The number of benzene rings is 2. The molecule has 0 bridgehead atoms. The van der Waals surface area contributed by atoms with E-state index < -0.39 is 0 Å². The van der Waals surface area contributed by atoms with Gasteiger partial charge in [-0.2, -0.15) is 0 Å². The summed E-state index contributed by atoms with van der Waals surface area (Å²) in [4.78, 5) is 0. The molecule has 2 rings (SSSR count). The van der Waals surface area contributed by atoms with Crippen LogP contribution < -0.4 is 10.1 Å². The molecule has 0 saturated carbocycles. The molecule has 0 aliphatic heterocycles. The average molecular weight is 278 g/mol. The van der Waals surface area contributed by atoms with Gasteiger partial charge in [0.1, 0.15) is 11.5 Å². The van der Waals surface area contributed by atoms with E-state index >= 15 is 0 Å². The van der Waals surface area contributed by atoms with Crippen LogP contribution in [0.4, 0.5) is 5.69 Å². The molecule has 3 nitrogen and oxygen atoms in total. The van der Waals surface area contributed by atoms with Crippen molar-refractivity contribution in [2.45, 2.75) is 13.5 Å². The van der Waals surface area contributed by atoms with Gasteiger partial charge < -0.3 is 15.2 Å². The zero-order valence-corrected chi connectivity index (χ0v) is 11.7. The third-order valence-electron chi connectivity index (χ3n) is 2.91. The van der Waals surface area contributed by atoms with E-state index in [0.29, 0.717) is 23.1 Å². The summed E-state index contributed by atoms with van der Waals surface area (Å²) in [5.41, 5.74) is 2.87. The van der Waals surface area contributed by atoms with Gasteiger partial charge in [0.2, 0.25) is 0 Å². The van der Waals surface area contributed by atoms with Gasteiger partial charge in [-0.3, -0.25) is 0 Å². The van der Waals surface area contributed by atoms with Crippen LogP contribution in [0.2, 0.25) is 5.02 Å². The first-order valence-corrected chi connectivity index (χ1v) is 6.34. The topological polar surface area (TPSA) is 41.5 Å². The van der Waals surface area contributed by atoms with E-state index in [-0.39, 0.29) is 0 Å². The second kappa shape index (κ2) is 5.85. The molecule has 0 heterocycles. The fourth-order valence-corrected chi connectivity index (χ4v) is 2.07. The molecule has 2 N–H and O–H groups in total. The maximum atomic E-state index is 9.46. The highest BCUT2D eigenvalue weighted by molar-refractivity contribution is 6.32. The highest BCUT2D eigenvalue weighted by Gasteiger charge is 2.02. The molecule has 2 aromatic carbocycles. The van der Waals surface area contributed by atoms with Gasteiger partial charge in [-0.15, -0.1) is 0 Å². The highest BCUT2D eigenvalue weighted by atomic mass is 35.5. The van der Waals surface area contributed by atoms with Gasteiger partial charge in [0.25, 0.3) is 0 Å². The number of hydrogen-bond acceptors (Lipinski definition) is 3. The van der Waals surface area contributed by atoms with Crippen molar-refractivity contribution < 1.29 is 9.84 Å². The Hall–Kier alpha value is -1.87. The minimum absolute atomic E-state index is 0.304. The van der Waals surface area contributed by atoms with Crippen molar-refractivity contribution >= 4 is 17.3 Å². The molecule has 100 valence electrons. The number of methoxy groups -OCH3 is 1. The lowest BCUT2D eigenvalue weighted by Gasteiger charge is -2.10. The molecule has 4 heteroatoms. The van der Waals surface area contributed by atoms with Crippen molar-refractivity contribution in [2.75, 3.05) is 12.4 Å². The molecule has 2 aromatic rings. The van der Waals surface area contributed by atoms with Crippen molar-refractivity contribution in [1.29, 1.82) is 0 Å². The molecule has 0 fully saturated rings. The van der Waals surface area contributed by atoms with Crippen molar-refractivity contribution in [3.8, 4) is 11.5 Å². The number of anilines is 1. The zero-order chi connectivity index (χ0) is 13.8. The minimum Gasteiger partial charge on any atom is -0.508 e. The first kappa shape index (κ1) is 13.6. The summed E-state index contributed by atoms with van der Waals surface area (Å²) in [6.07, 6.45) is 0. The number of phenolic OH excluding ortho intramolecular Hbond substituents is 1. The lowest BCUT2D eigenvalue weighted by Crippen LogP contribution is -1.99. The number of halogens is 1. The maximum Gasteiger partial charge on any atom is 0.137 e. The Morgan fingerprint density at radius 2 is 2.00 bits per heavy atom. The molecule has 0 saturated heterocycles. The van der Waals surface area contributed by atoms with Crippen molar-refractivity contribution in [2.24, 2.45) is 0 Å². The summed E-state index contributed by atoms with van der Waals surface area (Å²) < 4.78 is 5.11. The number of phenols is 1. The fraction of sp³-hybridized carbons (Fsp3) is 0.200. The SMILES string of the molecule is COc1ccc(CNc2ccc(O)c(C)c2)cc1Cl. The van der Waals surface area contributed by atoms with Gasteiger partial charge in [0.05, 0.1) is 12.1 Å². The van der Waals surface area contributed by atoms with Gasteiger partial charge in [-0.05, 0) is 48.4 Å². The van der Waals surface area contributed by atoms with Crippen LogP contribution in [-0.2, 0) is 6.54 Å². The summed E-state index contributed by atoms with van der Waals surface area (Å²) in [6, 6.07) is 11.1. The van der Waals surface area contributed by atoms with Crippen LogP contribution >= 0.6 is 11.6 Å². The molecule has 0 aromatic heterocycles. The average Bonchev–Trinajstić information content (AvgIpc) is 2.40. The van der Waals surface area contributed by atoms with E-state index in [2.05, 4.69) is 5.32 Å². The summed E-state index contributed by atoms with van der Waals surface area (Å²) in [5, 5.41) is 13.3. The second-order valence-electron chi connectivity index (χ2n) is 4.32. The van der Waals surface area contributed by atoms with Gasteiger partial charge in [-0.1, -0.05) is 17.7 Å². The lowest BCUT2D eigenvalue weighted by molar-refractivity contribution is 0.415. The Balaban J connectivity index is 2.05. The smallest absolute Gasteiger partial charge is 0.137 e. The van der Waals surface area contributed by atoms with Gasteiger partial charge in [0, 0.05) is 12.2 Å². The third kappa shape index (κ3) is 3.32. The molecule has 0 atom stereocenters. The zero-order valence-electron chi connectivity index (χ0n) is 10.9. The van der Waals surface area contributed by atoms with Crippen LogP contribution in [0.1, 0.15) is 11.1 Å². The van der Waals surface area contributed by atoms with E-state index in [9.17, 15) is 5.11 Å². The van der Waals surface area contributed by atoms with E-state index in [4.69, 9.17) is 16.3 Å². The first-order valence-electron chi connectivity index (χ1n) is 5.96. The van der Waals surface area contributed by atoms with Crippen LogP contribution in [0.3, 0.4) is 0 Å². The molecule has 0 aliphatic carbocycles. The summed E-state index contributed by atoms with van der Waals surface area (Å²) in [7, 11) is 1.60. The number of aryl methyl sites for hydroxylation is 1. The van der Waals surface area contributed by atoms with E-state index in [0.717, 1.165) is 16.8 Å². The Morgan fingerprint density at radius 3 is 2.63 bits per heavy atom. The molecule has 0 radical (unpaired) electrons. The number of hydrogen-bond donors (Lipinski definition) is 2. The predicted octanol–water partition coefficient (Wildman–Crippen LogP) is 3.97. The first-order chi connectivity index (χ1) is 9.10. The van der Waals surface area contributed by atoms with Crippen LogP contribution in [0, 0.1) is 6.92 Å². The van der Waals surface area contributed by atoms with E-state index in [1.54, 1.807) is 13.2 Å². The monoisotopic (exact) mass is 277 g/mol. The summed E-state index contributed by atoms with van der Waals surface area (Å²) in [5.74, 6) is 0.976.